The van der Waals surface area contributed by atoms with Crippen molar-refractivity contribution >= 4 is 27.6 Å². The van der Waals surface area contributed by atoms with Gasteiger partial charge in [-0.15, -0.1) is 22.7 Å². The van der Waals surface area contributed by atoms with Gasteiger partial charge in [0, 0.05) is 35.6 Å². The summed E-state index contributed by atoms with van der Waals surface area (Å²) in [6.45, 7) is 6.58. The summed E-state index contributed by atoms with van der Waals surface area (Å²) in [5.74, 6) is 0. The summed E-state index contributed by atoms with van der Waals surface area (Å²) in [5, 5.41) is 4.34. The van der Waals surface area contributed by atoms with Crippen LogP contribution >= 0.6 is 22.7 Å². The number of aryl methyl sites for hydroxylation is 1. The lowest BCUT2D eigenvalue weighted by Gasteiger charge is -2.33. The average Bonchev–Trinajstić information content (AvgIpc) is 3.11. The van der Waals surface area contributed by atoms with Gasteiger partial charge in [-0.1, -0.05) is 0 Å². The van der Waals surface area contributed by atoms with Gasteiger partial charge >= 0.3 is 0 Å². The van der Waals surface area contributed by atoms with Crippen molar-refractivity contribution < 1.29 is 0 Å². The third-order valence-corrected chi connectivity index (χ3v) is 6.07. The van der Waals surface area contributed by atoms with Gasteiger partial charge in [0.1, 0.15) is 0 Å². The lowest BCUT2D eigenvalue weighted by molar-refractivity contribution is 0.188. The summed E-state index contributed by atoms with van der Waals surface area (Å²) in [6, 6.07) is 2.80. The molecule has 0 radical (unpaired) electrons. The predicted molar refractivity (Wildman–Crippen MR) is 84.7 cm³/mol. The van der Waals surface area contributed by atoms with Crippen molar-refractivity contribution in [2.75, 3.05) is 6.54 Å². The van der Waals surface area contributed by atoms with Crippen LogP contribution in [0.15, 0.2) is 23.0 Å². The summed E-state index contributed by atoms with van der Waals surface area (Å²) >= 11 is 3.61. The minimum Gasteiger partial charge on any atom is -0.293 e. The maximum Gasteiger partial charge on any atom is 0.194 e. The number of nitrogens with zero attached hydrogens (tertiary/aromatic N) is 3. The number of thiophene rings is 1. The second-order valence-corrected chi connectivity index (χ2v) is 7.27. The molecule has 0 bridgehead atoms. The number of hydrogen-bond acceptors (Lipinski definition) is 4. The Bertz CT molecular complexity index is 752. The zero-order valence-corrected chi connectivity index (χ0v) is 13.3. The van der Waals surface area contributed by atoms with E-state index in [1.807, 2.05) is 11.3 Å². The van der Waals surface area contributed by atoms with Crippen molar-refractivity contribution in [2.45, 2.75) is 32.9 Å². The highest BCUT2D eigenvalue weighted by Crippen LogP contribution is 2.34. The quantitative estimate of drug-likeness (QED) is 0.716. The fourth-order valence-corrected chi connectivity index (χ4v) is 4.84. The normalized spacial score (nSPS) is 19.6. The zero-order valence-electron chi connectivity index (χ0n) is 11.7. The van der Waals surface area contributed by atoms with E-state index in [1.165, 1.54) is 23.4 Å². The predicted octanol–water partition coefficient (Wildman–Crippen LogP) is 3.89. The van der Waals surface area contributed by atoms with Crippen LogP contribution in [-0.2, 0) is 13.0 Å². The largest absolute Gasteiger partial charge is 0.293 e. The van der Waals surface area contributed by atoms with Crippen LogP contribution < -0.4 is 0 Å². The van der Waals surface area contributed by atoms with Gasteiger partial charge in [-0.05, 0) is 37.3 Å². The van der Waals surface area contributed by atoms with E-state index in [9.17, 15) is 0 Å². The second kappa shape index (κ2) is 4.69. The minimum atomic E-state index is 0.508. The molecule has 20 heavy (non-hydrogen) atoms. The Labute approximate surface area is 126 Å². The zero-order chi connectivity index (χ0) is 13.7. The molecule has 0 unspecified atom stereocenters. The van der Waals surface area contributed by atoms with Gasteiger partial charge in [-0.25, -0.2) is 4.98 Å². The molecule has 1 atom stereocenters. The van der Waals surface area contributed by atoms with Crippen molar-refractivity contribution in [3.05, 3.63) is 44.9 Å². The van der Waals surface area contributed by atoms with Gasteiger partial charge in [0.25, 0.3) is 0 Å². The third-order valence-electron chi connectivity index (χ3n) is 4.32. The molecule has 3 aromatic rings. The first-order valence-electron chi connectivity index (χ1n) is 6.95. The highest BCUT2D eigenvalue weighted by atomic mass is 32.1. The summed E-state index contributed by atoms with van der Waals surface area (Å²) < 4.78 is 2.25. The molecule has 0 amide bonds. The van der Waals surface area contributed by atoms with E-state index in [4.69, 9.17) is 0 Å². The maximum absolute atomic E-state index is 4.65. The first-order valence-corrected chi connectivity index (χ1v) is 8.71. The van der Waals surface area contributed by atoms with Gasteiger partial charge in [0.2, 0.25) is 0 Å². The second-order valence-electron chi connectivity index (χ2n) is 5.40. The van der Waals surface area contributed by atoms with Crippen molar-refractivity contribution in [1.29, 1.82) is 0 Å². The van der Waals surface area contributed by atoms with Gasteiger partial charge in [-0.3, -0.25) is 9.30 Å². The lowest BCUT2D eigenvalue weighted by atomic mass is 10.0. The fraction of sp³-hybridized carbons (Fsp3) is 0.400. The molecule has 3 aromatic heterocycles. The molecule has 4 heterocycles. The van der Waals surface area contributed by atoms with Gasteiger partial charge in [-0.2, -0.15) is 0 Å². The molecular weight excluding hydrogens is 286 g/mol. The first kappa shape index (κ1) is 12.6. The van der Waals surface area contributed by atoms with Crippen LogP contribution in [0, 0.1) is 6.92 Å². The van der Waals surface area contributed by atoms with E-state index in [-0.39, 0.29) is 0 Å². The highest BCUT2D eigenvalue weighted by molar-refractivity contribution is 7.15. The van der Waals surface area contributed by atoms with E-state index in [0.717, 1.165) is 18.1 Å². The molecule has 1 aliphatic rings. The number of fused-ring (bicyclic) bond motifs is 2. The Morgan fingerprint density at radius 2 is 2.25 bits per heavy atom. The van der Waals surface area contributed by atoms with Crippen molar-refractivity contribution in [3.63, 3.8) is 0 Å². The number of rotatable bonds is 2. The Kier molecular flexibility index (Phi) is 2.94. The Hall–Kier alpha value is -1.17. The van der Waals surface area contributed by atoms with Gasteiger partial charge in [0.15, 0.2) is 4.96 Å². The molecular formula is C15H17N3S2. The fourth-order valence-electron chi connectivity index (χ4n) is 3.10. The van der Waals surface area contributed by atoms with Crippen LogP contribution in [0.25, 0.3) is 4.96 Å². The van der Waals surface area contributed by atoms with Gasteiger partial charge in [0.05, 0.1) is 11.4 Å². The standard InChI is InChI=1S/C15H17N3S2/c1-10-13(18-6-8-20-15(18)16-10)9-17-5-3-14-12(11(17)2)4-7-19-14/h4,6-8,11H,3,5,9H2,1-2H3/t11-/m0/s1. The van der Waals surface area contributed by atoms with E-state index < -0.39 is 0 Å². The molecule has 0 saturated carbocycles. The molecule has 104 valence electrons. The number of thiazole rings is 1. The van der Waals surface area contributed by atoms with E-state index >= 15 is 0 Å². The average molecular weight is 303 g/mol. The molecule has 1 aliphatic heterocycles. The number of aromatic nitrogens is 2. The number of hydrogen-bond donors (Lipinski definition) is 0. The van der Waals surface area contributed by atoms with E-state index in [1.54, 1.807) is 16.2 Å². The molecule has 0 aromatic carbocycles. The van der Waals surface area contributed by atoms with Crippen LogP contribution in [0.3, 0.4) is 0 Å². The first-order chi connectivity index (χ1) is 9.74. The molecule has 0 saturated heterocycles. The van der Waals surface area contributed by atoms with Crippen molar-refractivity contribution in [2.24, 2.45) is 0 Å². The summed E-state index contributed by atoms with van der Waals surface area (Å²) in [4.78, 5) is 9.91. The SMILES string of the molecule is Cc1nc2sccn2c1CN1CCc2sccc2[C@@H]1C. The molecule has 0 N–H and O–H groups in total. The van der Waals surface area contributed by atoms with Crippen LogP contribution in [-0.4, -0.2) is 20.8 Å². The molecule has 0 spiro atoms. The Morgan fingerprint density at radius 1 is 1.35 bits per heavy atom. The minimum absolute atomic E-state index is 0.508. The summed E-state index contributed by atoms with van der Waals surface area (Å²) in [5.41, 5.74) is 4.02. The van der Waals surface area contributed by atoms with Crippen molar-refractivity contribution in [1.82, 2.24) is 14.3 Å². The third kappa shape index (κ3) is 1.84. The van der Waals surface area contributed by atoms with Crippen LogP contribution in [0.5, 0.6) is 0 Å². The molecule has 4 rings (SSSR count). The highest BCUT2D eigenvalue weighted by Gasteiger charge is 2.26. The monoisotopic (exact) mass is 303 g/mol. The smallest absolute Gasteiger partial charge is 0.194 e. The van der Waals surface area contributed by atoms with E-state index in [0.29, 0.717) is 6.04 Å². The summed E-state index contributed by atoms with van der Waals surface area (Å²) in [7, 11) is 0. The molecule has 0 fully saturated rings. The molecule has 0 aliphatic carbocycles. The van der Waals surface area contributed by atoms with Gasteiger partial charge < -0.3 is 0 Å². The van der Waals surface area contributed by atoms with E-state index in [2.05, 4.69) is 51.2 Å². The maximum atomic E-state index is 4.65. The number of imidazole rings is 1. The Balaban J connectivity index is 1.67. The summed E-state index contributed by atoms with van der Waals surface area (Å²) in [6.07, 6.45) is 3.32. The van der Waals surface area contributed by atoms with Crippen LogP contribution in [0.1, 0.15) is 34.8 Å². The molecule has 3 nitrogen and oxygen atoms in total. The molecule has 5 heteroatoms. The van der Waals surface area contributed by atoms with Crippen LogP contribution in [0.2, 0.25) is 0 Å². The lowest BCUT2D eigenvalue weighted by Crippen LogP contribution is -2.33. The van der Waals surface area contributed by atoms with Crippen LogP contribution in [0.4, 0.5) is 0 Å². The topological polar surface area (TPSA) is 20.5 Å². The Morgan fingerprint density at radius 3 is 3.15 bits per heavy atom. The van der Waals surface area contributed by atoms with Crippen molar-refractivity contribution in [3.8, 4) is 0 Å².